The molecule has 0 radical (unpaired) electrons. The van der Waals surface area contributed by atoms with E-state index in [1.165, 1.54) is 24.2 Å². The van der Waals surface area contributed by atoms with Crippen molar-refractivity contribution in [1.29, 1.82) is 5.26 Å². The molecule has 2 atom stereocenters. The average Bonchev–Trinajstić information content (AvgIpc) is 2.70. The summed E-state index contributed by atoms with van der Waals surface area (Å²) in [5.41, 5.74) is 5.28. The Morgan fingerprint density at radius 3 is 2.29 bits per heavy atom. The fourth-order valence-electron chi connectivity index (χ4n) is 2.40. The van der Waals surface area contributed by atoms with Gasteiger partial charge >= 0.3 is 6.18 Å². The summed E-state index contributed by atoms with van der Waals surface area (Å²) in [7, 11) is 2.80. The van der Waals surface area contributed by atoms with Crippen LogP contribution in [0.2, 0.25) is 10.0 Å². The van der Waals surface area contributed by atoms with Gasteiger partial charge in [0.25, 0.3) is 0 Å². The van der Waals surface area contributed by atoms with Crippen LogP contribution >= 0.6 is 23.2 Å². The molecule has 0 spiro atoms. The van der Waals surface area contributed by atoms with Crippen molar-refractivity contribution in [2.75, 3.05) is 19.2 Å². The zero-order chi connectivity index (χ0) is 18.2. The lowest BCUT2D eigenvalue weighted by molar-refractivity contribution is -0.137. The number of nitrogens with zero attached hydrogens (tertiary/aromatic N) is 4. The minimum Gasteiger partial charge on any atom is -0.399 e. The van der Waals surface area contributed by atoms with Gasteiger partial charge in [0.1, 0.15) is 19.0 Å². The predicted molar refractivity (Wildman–Crippen MR) is 83.5 cm³/mol. The summed E-state index contributed by atoms with van der Waals surface area (Å²) in [5, 5.41) is 15.2. The van der Waals surface area contributed by atoms with Crippen molar-refractivity contribution in [1.82, 2.24) is 5.01 Å². The van der Waals surface area contributed by atoms with Gasteiger partial charge < -0.3 is 10.6 Å². The summed E-state index contributed by atoms with van der Waals surface area (Å²) in [5.74, 6) is 0. The summed E-state index contributed by atoms with van der Waals surface area (Å²) in [6.45, 7) is 0. The van der Waals surface area contributed by atoms with Crippen molar-refractivity contribution in [2.24, 2.45) is 10.9 Å². The Labute approximate surface area is 145 Å². The number of anilines is 1. The van der Waals surface area contributed by atoms with E-state index in [1.807, 2.05) is 6.07 Å². The van der Waals surface area contributed by atoms with E-state index in [9.17, 15) is 18.4 Å². The van der Waals surface area contributed by atoms with E-state index in [0.29, 0.717) is 0 Å². The molecular formula is C13H12Cl2F3N5O. The quantitative estimate of drug-likeness (QED) is 0.796. The fraction of sp³-hybridized carbons (Fsp3) is 0.385. The van der Waals surface area contributed by atoms with E-state index in [0.717, 1.165) is 12.1 Å². The van der Waals surface area contributed by atoms with E-state index >= 15 is 0 Å². The minimum atomic E-state index is -4.59. The smallest absolute Gasteiger partial charge is 0.399 e. The number of nitrogens with two attached hydrogens (primary N) is 1. The van der Waals surface area contributed by atoms with Crippen LogP contribution < -0.4 is 10.7 Å². The zero-order valence-corrected chi connectivity index (χ0v) is 14.0. The number of alkyl halides is 3. The Kier molecular flexibility index (Phi) is 5.15. The molecule has 1 heterocycles. The molecule has 0 amide bonds. The molecule has 1 aliphatic heterocycles. The highest BCUT2D eigenvalue weighted by Gasteiger charge is 2.44. The largest absolute Gasteiger partial charge is 0.416 e. The Bertz CT molecular complexity index is 696. The van der Waals surface area contributed by atoms with Gasteiger partial charge in [-0.15, -0.1) is 0 Å². The van der Waals surface area contributed by atoms with Crippen LogP contribution in [0.1, 0.15) is 5.56 Å². The highest BCUT2D eigenvalue weighted by Crippen LogP contribution is 2.42. The van der Waals surface area contributed by atoms with Crippen molar-refractivity contribution < 1.29 is 18.0 Å². The van der Waals surface area contributed by atoms with Crippen molar-refractivity contribution in [3.8, 4) is 6.07 Å². The molecule has 0 bridgehead atoms. The number of hydrazine groups is 1. The highest BCUT2D eigenvalue weighted by molar-refractivity contribution is 6.39. The molecule has 1 aromatic rings. The van der Waals surface area contributed by atoms with E-state index in [1.54, 1.807) is 0 Å². The van der Waals surface area contributed by atoms with Crippen molar-refractivity contribution >= 4 is 34.6 Å². The first kappa shape index (κ1) is 18.6. The molecule has 24 heavy (non-hydrogen) atoms. The van der Waals surface area contributed by atoms with Crippen molar-refractivity contribution in [3.63, 3.8) is 0 Å². The van der Waals surface area contributed by atoms with Gasteiger partial charge in [-0.05, 0) is 12.1 Å². The maximum absolute atomic E-state index is 12.8. The number of rotatable bonds is 2. The van der Waals surface area contributed by atoms with Gasteiger partial charge in [0.2, 0.25) is 0 Å². The molecule has 6 nitrogen and oxygen atoms in total. The lowest BCUT2D eigenvalue weighted by Gasteiger charge is -2.31. The second-order valence-electron chi connectivity index (χ2n) is 4.88. The van der Waals surface area contributed by atoms with Gasteiger partial charge in [-0.1, -0.05) is 28.4 Å². The normalized spacial score (nSPS) is 23.6. The molecule has 0 saturated carbocycles. The molecule has 2 N–H and O–H groups in total. The summed E-state index contributed by atoms with van der Waals surface area (Å²) in [6, 6.07) is 2.59. The zero-order valence-electron chi connectivity index (χ0n) is 12.5. The van der Waals surface area contributed by atoms with Crippen molar-refractivity contribution in [3.05, 3.63) is 27.7 Å². The molecule has 130 valence electrons. The number of nitriles is 1. The van der Waals surface area contributed by atoms with Gasteiger partial charge in [-0.3, -0.25) is 5.01 Å². The maximum atomic E-state index is 12.8. The second-order valence-corrected chi connectivity index (χ2v) is 5.69. The van der Waals surface area contributed by atoms with Gasteiger partial charge in [0, 0.05) is 7.05 Å². The highest BCUT2D eigenvalue weighted by atomic mass is 35.5. The van der Waals surface area contributed by atoms with Crippen LogP contribution in [0.5, 0.6) is 0 Å². The van der Waals surface area contributed by atoms with E-state index in [-0.39, 0.29) is 21.4 Å². The molecule has 1 aromatic carbocycles. The number of hydrogen-bond acceptors (Lipinski definition) is 6. The lowest BCUT2D eigenvalue weighted by atomic mass is 10.1. The third kappa shape index (κ3) is 3.10. The first-order valence-corrected chi connectivity index (χ1v) is 7.23. The van der Waals surface area contributed by atoms with Gasteiger partial charge in [0.05, 0.1) is 27.4 Å². The van der Waals surface area contributed by atoms with Crippen LogP contribution in [0.25, 0.3) is 0 Å². The van der Waals surface area contributed by atoms with Crippen molar-refractivity contribution in [2.45, 2.75) is 18.4 Å². The van der Waals surface area contributed by atoms with Gasteiger partial charge in [0.15, 0.2) is 6.04 Å². The third-order valence-corrected chi connectivity index (χ3v) is 4.03. The summed E-state index contributed by atoms with van der Waals surface area (Å²) >= 11 is 12.0. The molecule has 2 rings (SSSR count). The van der Waals surface area contributed by atoms with E-state index in [4.69, 9.17) is 28.9 Å². The second kappa shape index (κ2) is 6.64. The molecule has 1 aliphatic rings. The molecular weight excluding hydrogens is 370 g/mol. The van der Waals surface area contributed by atoms with Gasteiger partial charge in [-0.2, -0.15) is 23.4 Å². The molecule has 11 heteroatoms. The van der Waals surface area contributed by atoms with Crippen LogP contribution in [0.4, 0.5) is 18.9 Å². The SMILES string of the molecule is CON=C1C(C#N)N(C)N(c2c(Cl)cc(C(F)(F)F)cc2Cl)C1N. The molecule has 1 saturated heterocycles. The van der Waals surface area contributed by atoms with Crippen LogP contribution in [-0.2, 0) is 11.0 Å². The lowest BCUT2D eigenvalue weighted by Crippen LogP contribution is -2.46. The molecule has 2 unspecified atom stereocenters. The third-order valence-electron chi connectivity index (χ3n) is 3.45. The first-order chi connectivity index (χ1) is 11.1. The number of hydrogen-bond donors (Lipinski definition) is 1. The van der Waals surface area contributed by atoms with E-state index in [2.05, 4.69) is 9.99 Å². The van der Waals surface area contributed by atoms with Crippen LogP contribution in [0.15, 0.2) is 17.3 Å². The molecule has 0 aliphatic carbocycles. The monoisotopic (exact) mass is 381 g/mol. The van der Waals surface area contributed by atoms with Crippen LogP contribution in [0.3, 0.4) is 0 Å². The molecule has 1 fully saturated rings. The summed E-state index contributed by atoms with van der Waals surface area (Å²) < 4.78 is 38.5. The number of benzene rings is 1. The Hall–Kier alpha value is -1.73. The Morgan fingerprint density at radius 2 is 1.88 bits per heavy atom. The van der Waals surface area contributed by atoms with Crippen LogP contribution in [-0.4, -0.2) is 37.1 Å². The Balaban J connectivity index is 2.56. The first-order valence-electron chi connectivity index (χ1n) is 6.47. The summed E-state index contributed by atoms with van der Waals surface area (Å²) in [6.07, 6.45) is -5.57. The molecule has 0 aromatic heterocycles. The standard InChI is InChI=1S/C13H12Cl2F3N5O/c1-22-9(5-19)10(21-24-2)12(20)23(22)11-7(14)3-6(4-8(11)15)13(16,17)18/h3-4,9,12H,20H2,1-2H3. The van der Waals surface area contributed by atoms with E-state index < -0.39 is 23.9 Å². The maximum Gasteiger partial charge on any atom is 0.416 e. The van der Waals surface area contributed by atoms with Gasteiger partial charge in [-0.25, -0.2) is 0 Å². The Morgan fingerprint density at radius 1 is 1.33 bits per heavy atom. The predicted octanol–water partition coefficient (Wildman–Crippen LogP) is 2.86. The minimum absolute atomic E-state index is 0.0443. The number of oxime groups is 1. The fourth-order valence-corrected chi connectivity index (χ4v) is 3.06. The average molecular weight is 382 g/mol. The number of halogens is 5. The van der Waals surface area contributed by atoms with Crippen LogP contribution in [0, 0.1) is 11.3 Å². The topological polar surface area (TPSA) is 77.9 Å². The summed E-state index contributed by atoms with van der Waals surface area (Å²) in [4.78, 5) is 4.67.